The maximum absolute atomic E-state index is 8.89. The molecule has 0 saturated carbocycles. The van der Waals surface area contributed by atoms with Gasteiger partial charge in [0.15, 0.2) is 0 Å². The van der Waals surface area contributed by atoms with Crippen LogP contribution < -0.4 is 0 Å². The largest absolute Gasteiger partial charge is 0.396 e. The predicted molar refractivity (Wildman–Crippen MR) is 63.0 cm³/mol. The molecule has 0 bridgehead atoms. The Labute approximate surface area is 98.4 Å². The second kappa shape index (κ2) is 4.64. The minimum absolute atomic E-state index is 0.156. The highest BCUT2D eigenvalue weighted by Crippen LogP contribution is 2.37. The first-order valence-corrected chi connectivity index (χ1v) is 6.01. The van der Waals surface area contributed by atoms with Crippen molar-refractivity contribution >= 4 is 15.9 Å². The van der Waals surface area contributed by atoms with Gasteiger partial charge < -0.3 is 9.84 Å². The third kappa shape index (κ3) is 2.25. The Morgan fingerprint density at radius 2 is 1.93 bits per heavy atom. The number of rotatable bonds is 4. The molecular formula is C12H15BrO2. The Kier molecular flexibility index (Phi) is 3.44. The van der Waals surface area contributed by atoms with E-state index in [1.807, 2.05) is 0 Å². The molecule has 1 aromatic rings. The van der Waals surface area contributed by atoms with Crippen molar-refractivity contribution in [3.05, 3.63) is 34.3 Å². The van der Waals surface area contributed by atoms with E-state index in [2.05, 4.69) is 40.2 Å². The highest BCUT2D eigenvalue weighted by atomic mass is 79.9. The third-order valence-corrected chi connectivity index (χ3v) is 3.56. The van der Waals surface area contributed by atoms with Crippen molar-refractivity contribution in [1.29, 1.82) is 0 Å². The van der Waals surface area contributed by atoms with Crippen LogP contribution >= 0.6 is 15.9 Å². The maximum Gasteiger partial charge on any atom is 0.0585 e. The van der Waals surface area contributed by atoms with Crippen LogP contribution in [0.15, 0.2) is 28.7 Å². The average Bonchev–Trinajstić information content (AvgIpc) is 2.19. The van der Waals surface area contributed by atoms with Gasteiger partial charge in [0.25, 0.3) is 0 Å². The summed E-state index contributed by atoms with van der Waals surface area (Å²) >= 11 is 3.43. The van der Waals surface area contributed by atoms with E-state index in [1.165, 1.54) is 5.56 Å². The van der Waals surface area contributed by atoms with E-state index in [0.29, 0.717) is 0 Å². The Morgan fingerprint density at radius 3 is 2.40 bits per heavy atom. The van der Waals surface area contributed by atoms with Gasteiger partial charge in [-0.3, -0.25) is 0 Å². The van der Waals surface area contributed by atoms with E-state index in [9.17, 15) is 0 Å². The standard InChI is InChI=1S/C12H15BrO2/c13-11-4-2-10(3-5-11)12(6-1-7-14)8-15-9-12/h2-5,14H,1,6-9H2. The van der Waals surface area contributed by atoms with E-state index >= 15 is 0 Å². The Morgan fingerprint density at radius 1 is 1.27 bits per heavy atom. The highest BCUT2D eigenvalue weighted by molar-refractivity contribution is 9.10. The van der Waals surface area contributed by atoms with Crippen LogP contribution in [-0.2, 0) is 10.2 Å². The number of hydrogen-bond acceptors (Lipinski definition) is 2. The molecule has 1 fully saturated rings. The van der Waals surface area contributed by atoms with Crippen LogP contribution in [0.4, 0.5) is 0 Å². The Bertz CT molecular complexity index is 317. The van der Waals surface area contributed by atoms with Gasteiger partial charge in [-0.05, 0) is 30.5 Å². The van der Waals surface area contributed by atoms with E-state index in [-0.39, 0.29) is 12.0 Å². The monoisotopic (exact) mass is 270 g/mol. The minimum atomic E-state index is 0.156. The van der Waals surface area contributed by atoms with Crippen LogP contribution in [0.3, 0.4) is 0 Å². The van der Waals surface area contributed by atoms with Gasteiger partial charge in [0.1, 0.15) is 0 Å². The van der Waals surface area contributed by atoms with Crippen molar-refractivity contribution in [1.82, 2.24) is 0 Å². The normalized spacial score (nSPS) is 18.5. The van der Waals surface area contributed by atoms with Crippen LogP contribution in [-0.4, -0.2) is 24.9 Å². The van der Waals surface area contributed by atoms with Crippen molar-refractivity contribution in [2.24, 2.45) is 0 Å². The van der Waals surface area contributed by atoms with E-state index in [4.69, 9.17) is 9.84 Å². The van der Waals surface area contributed by atoms with Gasteiger partial charge in [-0.1, -0.05) is 28.1 Å². The first-order valence-electron chi connectivity index (χ1n) is 5.21. The van der Waals surface area contributed by atoms with Crippen molar-refractivity contribution in [2.45, 2.75) is 18.3 Å². The minimum Gasteiger partial charge on any atom is -0.396 e. The molecule has 1 aliphatic rings. The lowest BCUT2D eigenvalue weighted by atomic mass is 9.75. The number of aliphatic hydroxyl groups excluding tert-OH is 1. The molecule has 1 saturated heterocycles. The molecule has 0 spiro atoms. The zero-order valence-electron chi connectivity index (χ0n) is 8.58. The molecular weight excluding hydrogens is 256 g/mol. The Balaban J connectivity index is 2.14. The van der Waals surface area contributed by atoms with Crippen molar-refractivity contribution in [3.63, 3.8) is 0 Å². The van der Waals surface area contributed by atoms with E-state index in [0.717, 1.165) is 30.5 Å². The number of hydrogen-bond donors (Lipinski definition) is 1. The summed E-state index contributed by atoms with van der Waals surface area (Å²) in [7, 11) is 0. The number of benzene rings is 1. The fourth-order valence-electron chi connectivity index (χ4n) is 2.02. The maximum atomic E-state index is 8.89. The molecule has 1 heterocycles. The van der Waals surface area contributed by atoms with Gasteiger partial charge in [-0.2, -0.15) is 0 Å². The van der Waals surface area contributed by atoms with Gasteiger partial charge in [0.2, 0.25) is 0 Å². The van der Waals surface area contributed by atoms with E-state index < -0.39 is 0 Å². The number of ether oxygens (including phenoxy) is 1. The zero-order chi connectivity index (χ0) is 10.7. The molecule has 2 nitrogen and oxygen atoms in total. The van der Waals surface area contributed by atoms with Crippen LogP contribution in [0, 0.1) is 0 Å². The molecule has 1 aromatic carbocycles. The van der Waals surface area contributed by atoms with Crippen molar-refractivity contribution < 1.29 is 9.84 Å². The summed E-state index contributed by atoms with van der Waals surface area (Å²) in [5, 5.41) is 8.89. The van der Waals surface area contributed by atoms with Gasteiger partial charge >= 0.3 is 0 Å². The second-order valence-corrected chi connectivity index (χ2v) is 5.02. The van der Waals surface area contributed by atoms with Crippen LogP contribution in [0.2, 0.25) is 0 Å². The van der Waals surface area contributed by atoms with Crippen LogP contribution in [0.1, 0.15) is 18.4 Å². The Hall–Kier alpha value is -0.380. The summed E-state index contributed by atoms with van der Waals surface area (Å²) < 4.78 is 6.43. The zero-order valence-corrected chi connectivity index (χ0v) is 10.2. The summed E-state index contributed by atoms with van der Waals surface area (Å²) in [5.41, 5.74) is 1.48. The van der Waals surface area contributed by atoms with Crippen LogP contribution in [0.25, 0.3) is 0 Å². The van der Waals surface area contributed by atoms with Crippen molar-refractivity contribution in [3.8, 4) is 0 Å². The molecule has 0 radical (unpaired) electrons. The molecule has 0 unspecified atom stereocenters. The molecule has 0 atom stereocenters. The molecule has 2 rings (SSSR count). The van der Waals surface area contributed by atoms with E-state index in [1.54, 1.807) is 0 Å². The molecule has 3 heteroatoms. The molecule has 15 heavy (non-hydrogen) atoms. The van der Waals surface area contributed by atoms with Gasteiger partial charge in [-0.25, -0.2) is 0 Å². The molecule has 0 amide bonds. The SMILES string of the molecule is OCCCC1(c2ccc(Br)cc2)COC1. The van der Waals surface area contributed by atoms with Crippen molar-refractivity contribution in [2.75, 3.05) is 19.8 Å². The fraction of sp³-hybridized carbons (Fsp3) is 0.500. The lowest BCUT2D eigenvalue weighted by molar-refractivity contribution is -0.0665. The first kappa shape index (κ1) is 11.1. The molecule has 1 N–H and O–H groups in total. The molecule has 0 aliphatic carbocycles. The lowest BCUT2D eigenvalue weighted by Crippen LogP contribution is -2.46. The summed E-state index contributed by atoms with van der Waals surface area (Å²) in [5.74, 6) is 0. The number of halogens is 1. The highest BCUT2D eigenvalue weighted by Gasteiger charge is 2.39. The summed E-state index contributed by atoms with van der Waals surface area (Å²) in [6, 6.07) is 8.41. The average molecular weight is 271 g/mol. The van der Waals surface area contributed by atoms with Crippen LogP contribution in [0.5, 0.6) is 0 Å². The first-order chi connectivity index (χ1) is 7.27. The summed E-state index contributed by atoms with van der Waals surface area (Å²) in [4.78, 5) is 0. The lowest BCUT2D eigenvalue weighted by Gasteiger charge is -2.42. The summed E-state index contributed by atoms with van der Waals surface area (Å²) in [6.07, 6.45) is 1.85. The quantitative estimate of drug-likeness (QED) is 0.911. The molecule has 1 aliphatic heterocycles. The topological polar surface area (TPSA) is 29.5 Å². The smallest absolute Gasteiger partial charge is 0.0585 e. The molecule has 0 aromatic heterocycles. The predicted octanol–water partition coefficient (Wildman–Crippen LogP) is 2.49. The fourth-order valence-corrected chi connectivity index (χ4v) is 2.29. The second-order valence-electron chi connectivity index (χ2n) is 4.11. The van der Waals surface area contributed by atoms with Gasteiger partial charge in [0, 0.05) is 16.5 Å². The molecule has 82 valence electrons. The third-order valence-electron chi connectivity index (χ3n) is 3.03. The van der Waals surface area contributed by atoms with Gasteiger partial charge in [0.05, 0.1) is 13.2 Å². The van der Waals surface area contributed by atoms with Gasteiger partial charge in [-0.15, -0.1) is 0 Å². The summed E-state index contributed by atoms with van der Waals surface area (Å²) in [6.45, 7) is 1.83. The number of aliphatic hydroxyl groups is 1.